The lowest BCUT2D eigenvalue weighted by Gasteiger charge is -2.34. The van der Waals surface area contributed by atoms with Crippen LogP contribution in [0.25, 0.3) is 0 Å². The van der Waals surface area contributed by atoms with E-state index in [0.717, 1.165) is 17.3 Å². The quantitative estimate of drug-likeness (QED) is 0.471. The number of piperazine rings is 1. The van der Waals surface area contributed by atoms with E-state index in [2.05, 4.69) is 14.1 Å². The third-order valence-corrected chi connectivity index (χ3v) is 5.61. The van der Waals surface area contributed by atoms with Gasteiger partial charge in [-0.1, -0.05) is 0 Å². The number of nitrogens with zero attached hydrogens (tertiary/aromatic N) is 4. The Morgan fingerprint density at radius 1 is 1.03 bits per heavy atom. The molecule has 2 aromatic heterocycles. The molecule has 1 aromatic carbocycles. The number of amides is 2. The number of benzene rings is 1. The molecule has 3 aromatic rings. The summed E-state index contributed by atoms with van der Waals surface area (Å²) in [7, 11) is 0. The number of nitrogens with one attached hydrogen (secondary N) is 1. The summed E-state index contributed by atoms with van der Waals surface area (Å²) >= 11 is 0.946. The second-order valence-electron chi connectivity index (χ2n) is 7.51. The number of carbonyl (C=O) groups is 1. The average Bonchev–Trinajstić information content (AvgIpc) is 3.48. The first kappa shape index (κ1) is 24.6. The molecule has 0 spiro atoms. The Bertz CT molecular complexity index is 1120. The van der Waals surface area contributed by atoms with Gasteiger partial charge in [-0.2, -0.15) is 30.7 Å². The van der Waals surface area contributed by atoms with Crippen LogP contribution in [0.4, 0.5) is 42.6 Å². The Balaban J connectivity index is 1.38. The first-order chi connectivity index (χ1) is 16.5. The molecule has 0 bridgehead atoms. The third-order valence-electron chi connectivity index (χ3n) is 5.10. The largest absolute Gasteiger partial charge is 0.472 e. The standard InChI is InChI=1S/C20H17F6N5O3S/c21-19(22,23)13-7-14(20(24,25)26)9-15(8-13)27-18(32)31-4-2-30(3-5-31)16-17(29-35-28-16)34-11-12-1-6-33-10-12/h1,6-10H,2-5,11H2,(H,27,32). The Morgan fingerprint density at radius 2 is 1.69 bits per heavy atom. The van der Waals surface area contributed by atoms with Crippen LogP contribution in [-0.2, 0) is 19.0 Å². The predicted octanol–water partition coefficient (Wildman–Crippen LogP) is 5.10. The molecule has 35 heavy (non-hydrogen) atoms. The number of hydrogen-bond acceptors (Lipinski definition) is 7. The van der Waals surface area contributed by atoms with Gasteiger partial charge in [-0.3, -0.25) is 0 Å². The van der Waals surface area contributed by atoms with E-state index in [-0.39, 0.29) is 25.8 Å². The van der Waals surface area contributed by atoms with Gasteiger partial charge in [0, 0.05) is 37.4 Å². The summed E-state index contributed by atoms with van der Waals surface area (Å²) in [4.78, 5) is 15.7. The minimum atomic E-state index is -5.01. The van der Waals surface area contributed by atoms with E-state index in [1.807, 2.05) is 4.90 Å². The first-order valence-corrected chi connectivity index (χ1v) is 10.8. The van der Waals surface area contributed by atoms with E-state index in [1.165, 1.54) is 17.4 Å². The zero-order valence-electron chi connectivity index (χ0n) is 17.7. The maximum Gasteiger partial charge on any atom is 0.416 e. The van der Waals surface area contributed by atoms with Crippen molar-refractivity contribution >= 4 is 29.3 Å². The van der Waals surface area contributed by atoms with Crippen molar-refractivity contribution < 1.29 is 40.3 Å². The van der Waals surface area contributed by atoms with Gasteiger partial charge >= 0.3 is 18.4 Å². The van der Waals surface area contributed by atoms with Crippen molar-refractivity contribution in [2.24, 2.45) is 0 Å². The number of rotatable bonds is 5. The van der Waals surface area contributed by atoms with Crippen molar-refractivity contribution in [2.45, 2.75) is 19.0 Å². The highest BCUT2D eigenvalue weighted by atomic mass is 32.1. The van der Waals surface area contributed by atoms with Gasteiger partial charge in [0.05, 0.1) is 35.4 Å². The van der Waals surface area contributed by atoms with Gasteiger partial charge in [-0.25, -0.2) is 4.79 Å². The highest BCUT2D eigenvalue weighted by Crippen LogP contribution is 2.37. The summed E-state index contributed by atoms with van der Waals surface area (Å²) in [5.74, 6) is 0.781. The maximum atomic E-state index is 13.1. The van der Waals surface area contributed by atoms with Crippen molar-refractivity contribution in [3.8, 4) is 5.88 Å². The zero-order chi connectivity index (χ0) is 25.2. The monoisotopic (exact) mass is 521 g/mol. The summed E-state index contributed by atoms with van der Waals surface area (Å²) in [5, 5.41) is 2.14. The van der Waals surface area contributed by atoms with Crippen molar-refractivity contribution in [1.82, 2.24) is 13.6 Å². The molecule has 1 aliphatic rings. The van der Waals surface area contributed by atoms with Crippen LogP contribution >= 0.6 is 11.7 Å². The zero-order valence-corrected chi connectivity index (χ0v) is 18.5. The van der Waals surface area contributed by atoms with E-state index in [1.54, 1.807) is 6.07 Å². The van der Waals surface area contributed by atoms with E-state index in [4.69, 9.17) is 9.15 Å². The van der Waals surface area contributed by atoms with Crippen molar-refractivity contribution in [3.05, 3.63) is 53.5 Å². The van der Waals surface area contributed by atoms with Crippen LogP contribution in [0.15, 0.2) is 41.2 Å². The smallest absolute Gasteiger partial charge is 0.416 e. The lowest BCUT2D eigenvalue weighted by atomic mass is 10.1. The number of alkyl halides is 6. The molecule has 1 N–H and O–H groups in total. The van der Waals surface area contributed by atoms with Crippen molar-refractivity contribution in [2.75, 3.05) is 36.4 Å². The number of hydrogen-bond donors (Lipinski definition) is 1. The summed E-state index contributed by atoms with van der Waals surface area (Å²) in [6, 6.07) is 1.86. The van der Waals surface area contributed by atoms with Crippen LogP contribution in [0.1, 0.15) is 16.7 Å². The van der Waals surface area contributed by atoms with E-state index >= 15 is 0 Å². The number of ether oxygens (including phenoxy) is 1. The fourth-order valence-corrected chi connectivity index (χ4v) is 3.86. The van der Waals surface area contributed by atoms with Gasteiger partial charge in [0.15, 0.2) is 0 Å². The van der Waals surface area contributed by atoms with Crippen LogP contribution in [0.3, 0.4) is 0 Å². The molecule has 0 unspecified atom stereocenters. The molecule has 4 rings (SSSR count). The van der Waals surface area contributed by atoms with Gasteiger partial charge < -0.3 is 24.3 Å². The molecular formula is C20H17F6N5O3S. The summed E-state index contributed by atoms with van der Waals surface area (Å²) in [6.07, 6.45) is -6.98. The molecule has 1 aliphatic heterocycles. The average molecular weight is 521 g/mol. The number of carbonyl (C=O) groups excluding carboxylic acids is 1. The lowest BCUT2D eigenvalue weighted by molar-refractivity contribution is -0.143. The molecular weight excluding hydrogens is 504 g/mol. The fraction of sp³-hybridized carbons (Fsp3) is 0.350. The molecule has 15 heteroatoms. The molecule has 0 aliphatic carbocycles. The highest BCUT2D eigenvalue weighted by molar-refractivity contribution is 6.99. The Hall–Kier alpha value is -3.49. The van der Waals surface area contributed by atoms with E-state index in [9.17, 15) is 31.1 Å². The number of urea groups is 1. The molecule has 0 atom stereocenters. The topological polar surface area (TPSA) is 83.7 Å². The summed E-state index contributed by atoms with van der Waals surface area (Å²) in [6.45, 7) is 1.12. The van der Waals surface area contributed by atoms with Crippen molar-refractivity contribution in [1.29, 1.82) is 0 Å². The third kappa shape index (κ3) is 5.96. The van der Waals surface area contributed by atoms with Crippen LogP contribution in [0, 0.1) is 0 Å². The first-order valence-electron chi connectivity index (χ1n) is 10.1. The van der Waals surface area contributed by atoms with E-state index in [0.29, 0.717) is 36.9 Å². The van der Waals surface area contributed by atoms with Crippen LogP contribution in [0.2, 0.25) is 0 Å². The van der Waals surface area contributed by atoms with Gasteiger partial charge in [-0.15, -0.1) is 4.37 Å². The lowest BCUT2D eigenvalue weighted by Crippen LogP contribution is -2.50. The molecule has 1 saturated heterocycles. The van der Waals surface area contributed by atoms with Gasteiger partial charge in [0.1, 0.15) is 6.61 Å². The summed E-state index contributed by atoms with van der Waals surface area (Å²) < 4.78 is 97.3. The SMILES string of the molecule is O=C(Nc1cc(C(F)(F)F)cc(C(F)(F)F)c1)N1CCN(c2nsnc2OCc2ccoc2)CC1. The van der Waals surface area contributed by atoms with Gasteiger partial charge in [0.2, 0.25) is 5.82 Å². The molecule has 2 amide bonds. The molecule has 8 nitrogen and oxygen atoms in total. The number of anilines is 2. The molecule has 3 heterocycles. The van der Waals surface area contributed by atoms with Crippen LogP contribution in [0.5, 0.6) is 5.88 Å². The number of aromatic nitrogens is 2. The molecule has 1 fully saturated rings. The van der Waals surface area contributed by atoms with E-state index < -0.39 is 35.2 Å². The molecule has 0 radical (unpaired) electrons. The Labute approximate surface area is 198 Å². The second kappa shape index (κ2) is 9.64. The highest BCUT2D eigenvalue weighted by Gasteiger charge is 2.37. The Morgan fingerprint density at radius 3 is 2.26 bits per heavy atom. The number of halogens is 6. The Kier molecular flexibility index (Phi) is 6.78. The van der Waals surface area contributed by atoms with Crippen LogP contribution in [-0.4, -0.2) is 45.9 Å². The molecule has 0 saturated carbocycles. The molecule has 188 valence electrons. The van der Waals surface area contributed by atoms with Crippen LogP contribution < -0.4 is 15.0 Å². The van der Waals surface area contributed by atoms with Gasteiger partial charge in [-0.05, 0) is 24.3 Å². The minimum absolute atomic E-state index is 0.00252. The fourth-order valence-electron chi connectivity index (χ4n) is 3.34. The number of furan rings is 1. The minimum Gasteiger partial charge on any atom is -0.472 e. The predicted molar refractivity (Wildman–Crippen MR) is 112 cm³/mol. The second-order valence-corrected chi connectivity index (χ2v) is 8.04. The van der Waals surface area contributed by atoms with Crippen molar-refractivity contribution in [3.63, 3.8) is 0 Å². The normalized spacial score (nSPS) is 14.8. The summed E-state index contributed by atoms with van der Waals surface area (Å²) in [5.41, 5.74) is -2.82. The van der Waals surface area contributed by atoms with Gasteiger partial charge in [0.25, 0.3) is 5.88 Å². The maximum absolute atomic E-state index is 13.1.